The number of hydrogen-bond donors (Lipinski definition) is 1. The predicted molar refractivity (Wildman–Crippen MR) is 111 cm³/mol. The van der Waals surface area contributed by atoms with Gasteiger partial charge in [-0.25, -0.2) is 13.8 Å². The Morgan fingerprint density at radius 3 is 2.43 bits per heavy atom. The zero-order valence-electron chi connectivity index (χ0n) is 16.7. The van der Waals surface area contributed by atoms with Gasteiger partial charge in [-0.1, -0.05) is 6.07 Å². The van der Waals surface area contributed by atoms with Crippen LogP contribution in [0, 0.1) is 18.6 Å². The number of carbonyl (C=O) groups is 2. The molecule has 0 fully saturated rings. The van der Waals surface area contributed by atoms with Crippen molar-refractivity contribution in [3.63, 3.8) is 0 Å². The topological polar surface area (TPSA) is 84.3 Å². The van der Waals surface area contributed by atoms with Crippen molar-refractivity contribution in [3.8, 4) is 0 Å². The number of thiophene rings is 1. The summed E-state index contributed by atoms with van der Waals surface area (Å²) in [5.41, 5.74) is -0.675. The van der Waals surface area contributed by atoms with Crippen LogP contribution in [-0.4, -0.2) is 39.4 Å². The van der Waals surface area contributed by atoms with Gasteiger partial charge in [0, 0.05) is 13.1 Å². The molecule has 0 saturated carbocycles. The Morgan fingerprint density at radius 1 is 1.20 bits per heavy atom. The van der Waals surface area contributed by atoms with Crippen LogP contribution in [0.4, 0.5) is 14.5 Å². The van der Waals surface area contributed by atoms with E-state index in [4.69, 9.17) is 0 Å². The van der Waals surface area contributed by atoms with E-state index in [1.54, 1.807) is 11.8 Å². The van der Waals surface area contributed by atoms with Gasteiger partial charge in [-0.05, 0) is 38.5 Å². The van der Waals surface area contributed by atoms with Gasteiger partial charge in [-0.3, -0.25) is 19.0 Å². The van der Waals surface area contributed by atoms with E-state index in [1.165, 1.54) is 17.0 Å². The Labute approximate surface area is 175 Å². The summed E-state index contributed by atoms with van der Waals surface area (Å²) in [4.78, 5) is 44.1. The van der Waals surface area contributed by atoms with Crippen molar-refractivity contribution in [2.24, 2.45) is 0 Å². The molecular formula is C20H20F2N4O3S. The number of rotatable bonds is 6. The molecule has 30 heavy (non-hydrogen) atoms. The van der Waals surface area contributed by atoms with Crippen LogP contribution in [-0.2, 0) is 11.3 Å². The Hall–Kier alpha value is -3.14. The quantitative estimate of drug-likeness (QED) is 0.646. The number of aryl methyl sites for hydroxylation is 1. The summed E-state index contributed by atoms with van der Waals surface area (Å²) >= 11 is 0.943. The van der Waals surface area contributed by atoms with Gasteiger partial charge in [0.15, 0.2) is 0 Å². The van der Waals surface area contributed by atoms with Crippen molar-refractivity contribution in [3.05, 3.63) is 57.0 Å². The van der Waals surface area contributed by atoms with Gasteiger partial charge >= 0.3 is 0 Å². The summed E-state index contributed by atoms with van der Waals surface area (Å²) in [6, 6.07) is 3.25. The van der Waals surface area contributed by atoms with Gasteiger partial charge in [0.05, 0.1) is 16.6 Å². The molecular weight excluding hydrogens is 414 g/mol. The molecule has 2 amide bonds. The molecule has 158 valence electrons. The number of halogens is 2. The first-order valence-corrected chi connectivity index (χ1v) is 10.1. The largest absolute Gasteiger partial charge is 0.342 e. The van der Waals surface area contributed by atoms with Crippen LogP contribution in [0.1, 0.15) is 29.1 Å². The van der Waals surface area contributed by atoms with Crippen LogP contribution in [0.2, 0.25) is 0 Å². The second-order valence-corrected chi connectivity index (χ2v) is 7.53. The number of fused-ring (bicyclic) bond motifs is 1. The fourth-order valence-corrected chi connectivity index (χ4v) is 4.13. The molecule has 2 aromatic heterocycles. The Kier molecular flexibility index (Phi) is 6.25. The third-order valence-electron chi connectivity index (χ3n) is 4.75. The Balaban J connectivity index is 1.96. The molecule has 0 radical (unpaired) electrons. The third kappa shape index (κ3) is 3.95. The smallest absolute Gasteiger partial charge is 0.266 e. The zero-order chi connectivity index (χ0) is 22.0. The molecule has 0 aliphatic carbocycles. The first-order chi connectivity index (χ1) is 14.3. The van der Waals surface area contributed by atoms with E-state index in [-0.39, 0.29) is 22.7 Å². The van der Waals surface area contributed by atoms with Gasteiger partial charge in [-0.2, -0.15) is 0 Å². The van der Waals surface area contributed by atoms with Crippen molar-refractivity contribution in [2.75, 3.05) is 18.4 Å². The van der Waals surface area contributed by atoms with E-state index in [0.29, 0.717) is 23.5 Å². The normalized spacial score (nSPS) is 11.0. The lowest BCUT2D eigenvalue weighted by atomic mass is 10.2. The third-order valence-corrected chi connectivity index (χ3v) is 5.95. The van der Waals surface area contributed by atoms with Crippen molar-refractivity contribution >= 4 is 39.1 Å². The van der Waals surface area contributed by atoms with Crippen LogP contribution in [0.15, 0.2) is 29.3 Å². The molecule has 2 heterocycles. The summed E-state index contributed by atoms with van der Waals surface area (Å²) in [5, 5.41) is 2.42. The standard InChI is InChI=1S/C20H20F2N4O3S/c1-4-25(5-2)14(27)9-26-10-23-19-15(20(26)29)11(3)17(30-19)18(28)24-16-12(21)7-6-8-13(16)22/h6-8,10H,4-5,9H2,1-3H3,(H,24,28). The molecule has 0 bridgehead atoms. The maximum absolute atomic E-state index is 13.8. The highest BCUT2D eigenvalue weighted by atomic mass is 32.1. The lowest BCUT2D eigenvalue weighted by molar-refractivity contribution is -0.131. The number of aromatic nitrogens is 2. The number of carbonyl (C=O) groups excluding carboxylic acids is 2. The Morgan fingerprint density at radius 2 is 1.83 bits per heavy atom. The number of anilines is 1. The molecule has 7 nitrogen and oxygen atoms in total. The van der Waals surface area contributed by atoms with Crippen LogP contribution >= 0.6 is 11.3 Å². The molecule has 10 heteroatoms. The number of nitrogens with one attached hydrogen (secondary N) is 1. The summed E-state index contributed by atoms with van der Waals surface area (Å²) in [6.45, 7) is 6.13. The summed E-state index contributed by atoms with van der Waals surface area (Å²) in [5.74, 6) is -2.77. The lowest BCUT2D eigenvalue weighted by Crippen LogP contribution is -2.36. The van der Waals surface area contributed by atoms with Gasteiger partial charge in [0.2, 0.25) is 5.91 Å². The predicted octanol–water partition coefficient (Wildman–Crippen LogP) is 3.17. The van der Waals surface area contributed by atoms with Crippen LogP contribution in [0.5, 0.6) is 0 Å². The highest BCUT2D eigenvalue weighted by molar-refractivity contribution is 7.20. The average molecular weight is 434 g/mol. The van der Waals surface area contributed by atoms with Crippen LogP contribution < -0.4 is 10.9 Å². The zero-order valence-corrected chi connectivity index (χ0v) is 17.5. The van der Waals surface area contributed by atoms with E-state index in [2.05, 4.69) is 10.3 Å². The molecule has 3 aromatic rings. The number of hydrogen-bond acceptors (Lipinski definition) is 5. The summed E-state index contributed by atoms with van der Waals surface area (Å²) in [7, 11) is 0. The number of nitrogens with zero attached hydrogens (tertiary/aromatic N) is 3. The van der Waals surface area contributed by atoms with Gasteiger partial charge in [0.25, 0.3) is 11.5 Å². The van der Waals surface area contributed by atoms with E-state index in [1.807, 2.05) is 13.8 Å². The molecule has 0 spiro atoms. The second kappa shape index (κ2) is 8.70. The van der Waals surface area contributed by atoms with Crippen LogP contribution in [0.25, 0.3) is 10.2 Å². The average Bonchev–Trinajstić information content (AvgIpc) is 3.05. The van der Waals surface area contributed by atoms with Crippen molar-refractivity contribution < 1.29 is 18.4 Å². The van der Waals surface area contributed by atoms with E-state index in [9.17, 15) is 23.2 Å². The van der Waals surface area contributed by atoms with Crippen molar-refractivity contribution in [1.29, 1.82) is 0 Å². The maximum Gasteiger partial charge on any atom is 0.266 e. The number of likely N-dealkylation sites (N-methyl/N-ethyl adjacent to an activating group) is 1. The van der Waals surface area contributed by atoms with Crippen molar-refractivity contribution in [2.45, 2.75) is 27.3 Å². The Bertz CT molecular complexity index is 1160. The number of benzene rings is 1. The molecule has 3 rings (SSSR count). The molecule has 0 aliphatic rings. The van der Waals surface area contributed by atoms with Gasteiger partial charge in [-0.15, -0.1) is 11.3 Å². The fourth-order valence-electron chi connectivity index (χ4n) is 3.10. The van der Waals surface area contributed by atoms with E-state index < -0.39 is 28.8 Å². The lowest BCUT2D eigenvalue weighted by Gasteiger charge is -2.18. The van der Waals surface area contributed by atoms with Gasteiger partial charge < -0.3 is 10.2 Å². The minimum Gasteiger partial charge on any atom is -0.342 e. The van der Waals surface area contributed by atoms with E-state index >= 15 is 0 Å². The highest BCUT2D eigenvalue weighted by Crippen LogP contribution is 2.28. The SMILES string of the molecule is CCN(CC)C(=O)Cn1cnc2sc(C(=O)Nc3c(F)cccc3F)c(C)c2c1=O. The first kappa shape index (κ1) is 21.6. The number of para-hydroxylation sites is 1. The van der Waals surface area contributed by atoms with Gasteiger partial charge in [0.1, 0.15) is 28.7 Å². The number of amides is 2. The fraction of sp³-hybridized carbons (Fsp3) is 0.300. The molecule has 0 atom stereocenters. The minimum absolute atomic E-state index is 0.116. The molecule has 1 N–H and O–H groups in total. The molecule has 0 unspecified atom stereocenters. The van der Waals surface area contributed by atoms with E-state index in [0.717, 1.165) is 23.5 Å². The highest BCUT2D eigenvalue weighted by Gasteiger charge is 2.22. The minimum atomic E-state index is -0.905. The molecule has 1 aromatic carbocycles. The summed E-state index contributed by atoms with van der Waals surface area (Å²) < 4.78 is 28.9. The van der Waals surface area contributed by atoms with Crippen LogP contribution in [0.3, 0.4) is 0 Å². The van der Waals surface area contributed by atoms with Crippen molar-refractivity contribution in [1.82, 2.24) is 14.5 Å². The summed E-state index contributed by atoms with van der Waals surface area (Å²) in [6.07, 6.45) is 1.26. The molecule has 0 aliphatic heterocycles. The molecule has 0 saturated heterocycles. The monoisotopic (exact) mass is 434 g/mol. The maximum atomic E-state index is 13.8. The first-order valence-electron chi connectivity index (χ1n) is 9.30. The second-order valence-electron chi connectivity index (χ2n) is 6.53.